The van der Waals surface area contributed by atoms with Crippen LogP contribution >= 0.6 is 0 Å². The fourth-order valence-corrected chi connectivity index (χ4v) is 1.97. The molecule has 3 heteroatoms. The van der Waals surface area contributed by atoms with Crippen molar-refractivity contribution in [3.63, 3.8) is 0 Å². The minimum atomic E-state index is -0.477. The lowest BCUT2D eigenvalue weighted by Gasteiger charge is -2.25. The molecule has 0 aliphatic rings. The van der Waals surface area contributed by atoms with E-state index in [2.05, 4.69) is 44.7 Å². The van der Waals surface area contributed by atoms with Gasteiger partial charge in [-0.05, 0) is 25.3 Å². The van der Waals surface area contributed by atoms with E-state index >= 15 is 0 Å². The molecule has 1 unspecified atom stereocenters. The maximum Gasteiger partial charge on any atom is 0.240 e. The first-order chi connectivity index (χ1) is 9.08. The molecule has 104 valence electrons. The summed E-state index contributed by atoms with van der Waals surface area (Å²) in [6.07, 6.45) is 3.14. The average molecular weight is 260 g/mol. The molecule has 0 spiro atoms. The molecule has 0 saturated carbocycles. The van der Waals surface area contributed by atoms with Crippen LogP contribution in [-0.4, -0.2) is 23.4 Å². The average Bonchev–Trinajstić information content (AvgIpc) is 2.40. The summed E-state index contributed by atoms with van der Waals surface area (Å²) in [5.41, 5.74) is 8.23. The van der Waals surface area contributed by atoms with Crippen molar-refractivity contribution in [2.45, 2.75) is 39.3 Å². The van der Waals surface area contributed by atoms with Gasteiger partial charge in [0.05, 0.1) is 6.04 Å². The van der Waals surface area contributed by atoms with Crippen LogP contribution in [0.15, 0.2) is 36.9 Å². The highest BCUT2D eigenvalue weighted by molar-refractivity contribution is 5.81. The highest BCUT2D eigenvalue weighted by Gasteiger charge is 2.19. The minimum absolute atomic E-state index is 0.00215. The molecule has 0 aliphatic carbocycles. The number of aryl methyl sites for hydroxylation is 1. The second kappa shape index (κ2) is 7.74. The quantitative estimate of drug-likeness (QED) is 0.766. The van der Waals surface area contributed by atoms with Gasteiger partial charge in [-0.2, -0.15) is 0 Å². The third-order valence-electron chi connectivity index (χ3n) is 3.04. The van der Waals surface area contributed by atoms with Gasteiger partial charge in [0.15, 0.2) is 0 Å². The first-order valence-corrected chi connectivity index (χ1v) is 6.79. The number of amides is 1. The molecule has 1 aromatic carbocycles. The van der Waals surface area contributed by atoms with E-state index in [1.165, 1.54) is 5.56 Å². The zero-order valence-electron chi connectivity index (χ0n) is 11.9. The van der Waals surface area contributed by atoms with Gasteiger partial charge >= 0.3 is 0 Å². The van der Waals surface area contributed by atoms with Gasteiger partial charge in [-0.25, -0.2) is 0 Å². The number of benzene rings is 1. The van der Waals surface area contributed by atoms with Crippen molar-refractivity contribution in [2.75, 3.05) is 6.54 Å². The van der Waals surface area contributed by atoms with Crippen LogP contribution in [0.25, 0.3) is 0 Å². The molecule has 0 heterocycles. The maximum absolute atomic E-state index is 12.2. The van der Waals surface area contributed by atoms with Crippen molar-refractivity contribution >= 4 is 5.91 Å². The molecule has 0 fully saturated rings. The van der Waals surface area contributed by atoms with Crippen LogP contribution in [0, 0.1) is 6.92 Å². The Balaban J connectivity index is 2.74. The highest BCUT2D eigenvalue weighted by Crippen LogP contribution is 2.09. The number of carbonyl (C=O) groups is 1. The molecule has 19 heavy (non-hydrogen) atoms. The van der Waals surface area contributed by atoms with E-state index in [1.807, 2.05) is 4.90 Å². The van der Waals surface area contributed by atoms with Gasteiger partial charge < -0.3 is 10.6 Å². The Labute approximate surface area is 116 Å². The van der Waals surface area contributed by atoms with E-state index in [0.717, 1.165) is 18.5 Å². The molecule has 0 saturated heterocycles. The highest BCUT2D eigenvalue weighted by atomic mass is 16.2. The van der Waals surface area contributed by atoms with Crippen LogP contribution in [0.3, 0.4) is 0 Å². The van der Waals surface area contributed by atoms with Crippen molar-refractivity contribution in [1.82, 2.24) is 4.90 Å². The second-order valence-corrected chi connectivity index (χ2v) is 4.88. The molecule has 1 atom stereocenters. The van der Waals surface area contributed by atoms with Crippen LogP contribution in [0.2, 0.25) is 0 Å². The normalized spacial score (nSPS) is 11.9. The Bertz CT molecular complexity index is 411. The summed E-state index contributed by atoms with van der Waals surface area (Å²) in [6, 6.07) is 7.77. The molecule has 2 N–H and O–H groups in total. The zero-order chi connectivity index (χ0) is 14.3. The van der Waals surface area contributed by atoms with Crippen LogP contribution < -0.4 is 5.73 Å². The number of nitrogens with zero attached hydrogens (tertiary/aromatic N) is 1. The Morgan fingerprint density at radius 1 is 1.42 bits per heavy atom. The summed E-state index contributed by atoms with van der Waals surface area (Å²) in [5, 5.41) is 0. The van der Waals surface area contributed by atoms with Gasteiger partial charge in [0.1, 0.15) is 0 Å². The molecule has 1 rings (SSSR count). The zero-order valence-corrected chi connectivity index (χ0v) is 11.9. The van der Waals surface area contributed by atoms with Crippen molar-refractivity contribution in [3.8, 4) is 0 Å². The molecule has 0 aliphatic heterocycles. The summed E-state index contributed by atoms with van der Waals surface area (Å²) in [6.45, 7) is 9.11. The van der Waals surface area contributed by atoms with Crippen molar-refractivity contribution < 1.29 is 4.79 Å². The van der Waals surface area contributed by atoms with Gasteiger partial charge in [0.2, 0.25) is 5.91 Å². The standard InChI is InChI=1S/C16H24N2O/c1-4-6-15(17)16(19)18(11-5-2)12-14-9-7-13(3)8-10-14/h4,7-10,15H,1,5-6,11-12,17H2,2-3H3. The van der Waals surface area contributed by atoms with E-state index in [0.29, 0.717) is 13.0 Å². The van der Waals surface area contributed by atoms with E-state index in [9.17, 15) is 4.79 Å². The van der Waals surface area contributed by atoms with Crippen molar-refractivity contribution in [2.24, 2.45) is 5.73 Å². The number of carbonyl (C=O) groups excluding carboxylic acids is 1. The van der Waals surface area contributed by atoms with Gasteiger partial charge in [0.25, 0.3) is 0 Å². The van der Waals surface area contributed by atoms with Gasteiger partial charge in [-0.1, -0.05) is 42.8 Å². The first kappa shape index (κ1) is 15.4. The SMILES string of the molecule is C=CCC(N)C(=O)N(CCC)Cc1ccc(C)cc1. The lowest BCUT2D eigenvalue weighted by atomic mass is 10.1. The molecule has 1 aromatic rings. The van der Waals surface area contributed by atoms with Gasteiger partial charge in [0, 0.05) is 13.1 Å². The lowest BCUT2D eigenvalue weighted by Crippen LogP contribution is -2.43. The summed E-state index contributed by atoms with van der Waals surface area (Å²) in [4.78, 5) is 14.1. The van der Waals surface area contributed by atoms with Crippen molar-refractivity contribution in [1.29, 1.82) is 0 Å². The van der Waals surface area contributed by atoms with E-state index in [4.69, 9.17) is 5.73 Å². The molecule has 0 radical (unpaired) electrons. The van der Waals surface area contributed by atoms with Crippen LogP contribution in [0.4, 0.5) is 0 Å². The second-order valence-electron chi connectivity index (χ2n) is 4.88. The van der Waals surface area contributed by atoms with E-state index in [1.54, 1.807) is 6.08 Å². The Kier molecular flexibility index (Phi) is 6.30. The molecular weight excluding hydrogens is 236 g/mol. The number of hydrogen-bond donors (Lipinski definition) is 1. The van der Waals surface area contributed by atoms with Gasteiger partial charge in [-0.3, -0.25) is 4.79 Å². The third kappa shape index (κ3) is 4.87. The smallest absolute Gasteiger partial charge is 0.240 e. The number of hydrogen-bond acceptors (Lipinski definition) is 2. The summed E-state index contributed by atoms with van der Waals surface area (Å²) in [5.74, 6) is 0.00215. The maximum atomic E-state index is 12.2. The molecule has 0 aromatic heterocycles. The minimum Gasteiger partial charge on any atom is -0.337 e. The lowest BCUT2D eigenvalue weighted by molar-refractivity contribution is -0.133. The van der Waals surface area contributed by atoms with Crippen LogP contribution in [-0.2, 0) is 11.3 Å². The predicted octanol–water partition coefficient (Wildman–Crippen LogP) is 2.64. The monoisotopic (exact) mass is 260 g/mol. The molecule has 1 amide bonds. The van der Waals surface area contributed by atoms with Crippen molar-refractivity contribution in [3.05, 3.63) is 48.0 Å². The molecular formula is C16H24N2O. The number of nitrogens with two attached hydrogens (primary N) is 1. The number of rotatable bonds is 7. The summed E-state index contributed by atoms with van der Waals surface area (Å²) >= 11 is 0. The van der Waals surface area contributed by atoms with Crippen LogP contribution in [0.5, 0.6) is 0 Å². The Hall–Kier alpha value is -1.61. The first-order valence-electron chi connectivity index (χ1n) is 6.79. The van der Waals surface area contributed by atoms with Gasteiger partial charge in [-0.15, -0.1) is 6.58 Å². The summed E-state index contributed by atoms with van der Waals surface area (Å²) in [7, 11) is 0. The fraction of sp³-hybridized carbons (Fsp3) is 0.438. The Morgan fingerprint density at radius 3 is 2.58 bits per heavy atom. The summed E-state index contributed by atoms with van der Waals surface area (Å²) < 4.78 is 0. The molecule has 0 bridgehead atoms. The van der Waals surface area contributed by atoms with E-state index < -0.39 is 6.04 Å². The Morgan fingerprint density at radius 2 is 2.05 bits per heavy atom. The predicted molar refractivity (Wildman–Crippen MR) is 79.7 cm³/mol. The topological polar surface area (TPSA) is 46.3 Å². The van der Waals surface area contributed by atoms with E-state index in [-0.39, 0.29) is 5.91 Å². The largest absolute Gasteiger partial charge is 0.337 e. The fourth-order valence-electron chi connectivity index (χ4n) is 1.97. The third-order valence-corrected chi connectivity index (χ3v) is 3.04. The molecule has 3 nitrogen and oxygen atoms in total. The van der Waals surface area contributed by atoms with Crippen LogP contribution in [0.1, 0.15) is 30.9 Å².